The molecule has 0 aliphatic carbocycles. The van der Waals surface area contributed by atoms with E-state index in [0.29, 0.717) is 6.04 Å². The van der Waals surface area contributed by atoms with E-state index in [9.17, 15) is 5.11 Å². The number of β-amino-alcohol motifs (C(OH)–C–C–N with tert-alkyl or cyclic N) is 1. The Hall–Kier alpha value is -0.120. The number of hydrogen-bond acceptors (Lipinski definition) is 3. The molecule has 0 aromatic carbocycles. The predicted molar refractivity (Wildman–Crippen MR) is 45.3 cm³/mol. The van der Waals surface area contributed by atoms with E-state index in [1.807, 2.05) is 13.8 Å². The van der Waals surface area contributed by atoms with Crippen LogP contribution in [0.1, 0.15) is 20.3 Å². The fraction of sp³-hybridized carbons (Fsp3) is 1.00. The van der Waals surface area contributed by atoms with E-state index >= 15 is 0 Å². The molecule has 3 heteroatoms. The molecule has 66 valence electrons. The number of likely N-dealkylation sites (tertiary alicyclic amines) is 1. The molecule has 1 atom stereocenters. The minimum absolute atomic E-state index is 0.317. The van der Waals surface area contributed by atoms with Gasteiger partial charge in [0, 0.05) is 19.1 Å². The minimum Gasteiger partial charge on any atom is -0.389 e. The van der Waals surface area contributed by atoms with Gasteiger partial charge in [-0.2, -0.15) is 0 Å². The second kappa shape index (κ2) is 3.09. The molecule has 3 N–H and O–H groups in total. The summed E-state index contributed by atoms with van der Waals surface area (Å²) in [5.41, 5.74) is 5.14. The lowest BCUT2D eigenvalue weighted by Gasteiger charge is -2.24. The van der Waals surface area contributed by atoms with Crippen LogP contribution in [0.5, 0.6) is 0 Å². The maximum atomic E-state index is 9.48. The molecule has 0 aromatic heterocycles. The van der Waals surface area contributed by atoms with Crippen molar-refractivity contribution in [1.82, 2.24) is 4.90 Å². The van der Waals surface area contributed by atoms with Crippen LogP contribution in [0, 0.1) is 0 Å². The number of aliphatic hydroxyl groups is 1. The zero-order chi connectivity index (χ0) is 8.48. The van der Waals surface area contributed by atoms with Crippen molar-refractivity contribution in [3.05, 3.63) is 0 Å². The van der Waals surface area contributed by atoms with Gasteiger partial charge in [0.05, 0.1) is 5.60 Å². The average molecular weight is 158 g/mol. The van der Waals surface area contributed by atoms with Crippen LogP contribution in [0.3, 0.4) is 0 Å². The first-order valence-corrected chi connectivity index (χ1v) is 4.18. The fourth-order valence-electron chi connectivity index (χ4n) is 1.55. The standard InChI is InChI=1S/C8H18N2O/c1-8(2,11)6-10-4-3-7(9)5-10/h7,11H,3-6,9H2,1-2H3/t7-/m0/s1. The first-order valence-electron chi connectivity index (χ1n) is 4.18. The molecule has 1 fully saturated rings. The third kappa shape index (κ3) is 3.18. The molecule has 1 saturated heterocycles. The summed E-state index contributed by atoms with van der Waals surface area (Å²) in [7, 11) is 0. The third-order valence-electron chi connectivity index (χ3n) is 1.92. The van der Waals surface area contributed by atoms with Gasteiger partial charge in [-0.15, -0.1) is 0 Å². The molecule has 0 spiro atoms. The van der Waals surface area contributed by atoms with Gasteiger partial charge in [-0.05, 0) is 26.8 Å². The molecule has 0 amide bonds. The molecule has 11 heavy (non-hydrogen) atoms. The van der Waals surface area contributed by atoms with E-state index < -0.39 is 5.60 Å². The number of nitrogens with zero attached hydrogens (tertiary/aromatic N) is 1. The van der Waals surface area contributed by atoms with Gasteiger partial charge in [0.2, 0.25) is 0 Å². The lowest BCUT2D eigenvalue weighted by Crippen LogP contribution is -2.38. The molecule has 1 rings (SSSR count). The minimum atomic E-state index is -0.579. The van der Waals surface area contributed by atoms with Gasteiger partial charge in [-0.1, -0.05) is 0 Å². The van der Waals surface area contributed by atoms with Crippen molar-refractivity contribution in [1.29, 1.82) is 0 Å². The molecule has 1 aliphatic rings. The highest BCUT2D eigenvalue weighted by Gasteiger charge is 2.24. The maximum absolute atomic E-state index is 9.48. The SMILES string of the molecule is CC(C)(O)CN1CC[C@H](N)C1. The lowest BCUT2D eigenvalue weighted by atomic mass is 10.1. The first-order chi connectivity index (χ1) is 4.97. The number of hydrogen-bond donors (Lipinski definition) is 2. The van der Waals surface area contributed by atoms with Crippen molar-refractivity contribution in [3.8, 4) is 0 Å². The fourth-order valence-corrected chi connectivity index (χ4v) is 1.55. The summed E-state index contributed by atoms with van der Waals surface area (Å²) in [5, 5.41) is 9.48. The van der Waals surface area contributed by atoms with Crippen molar-refractivity contribution in [2.75, 3.05) is 19.6 Å². The van der Waals surface area contributed by atoms with Crippen LogP contribution in [0.15, 0.2) is 0 Å². The highest BCUT2D eigenvalue weighted by atomic mass is 16.3. The van der Waals surface area contributed by atoms with Gasteiger partial charge in [0.1, 0.15) is 0 Å². The number of nitrogens with two attached hydrogens (primary N) is 1. The highest BCUT2D eigenvalue weighted by molar-refractivity contribution is 4.81. The smallest absolute Gasteiger partial charge is 0.0718 e. The molecule has 0 unspecified atom stereocenters. The van der Waals surface area contributed by atoms with Crippen molar-refractivity contribution in [2.24, 2.45) is 5.73 Å². The predicted octanol–water partition coefficient (Wildman–Crippen LogP) is -0.210. The molecule has 0 aromatic rings. The molecular formula is C8H18N2O. The van der Waals surface area contributed by atoms with Crippen molar-refractivity contribution < 1.29 is 5.11 Å². The van der Waals surface area contributed by atoms with Crippen LogP contribution in [0.2, 0.25) is 0 Å². The Labute approximate surface area is 68.2 Å². The van der Waals surface area contributed by atoms with Gasteiger partial charge in [-0.25, -0.2) is 0 Å². The normalized spacial score (nSPS) is 27.8. The van der Waals surface area contributed by atoms with E-state index in [1.165, 1.54) is 0 Å². The lowest BCUT2D eigenvalue weighted by molar-refractivity contribution is 0.0436. The number of rotatable bonds is 2. The van der Waals surface area contributed by atoms with Crippen LogP contribution in [-0.2, 0) is 0 Å². The zero-order valence-electron chi connectivity index (χ0n) is 7.38. The summed E-state index contributed by atoms with van der Waals surface area (Å²) in [4.78, 5) is 2.21. The molecule has 0 radical (unpaired) electrons. The summed E-state index contributed by atoms with van der Waals surface area (Å²) in [5.74, 6) is 0. The van der Waals surface area contributed by atoms with Crippen LogP contribution < -0.4 is 5.73 Å². The third-order valence-corrected chi connectivity index (χ3v) is 1.92. The van der Waals surface area contributed by atoms with Crippen LogP contribution in [0.4, 0.5) is 0 Å². The van der Waals surface area contributed by atoms with E-state index in [2.05, 4.69) is 4.90 Å². The largest absolute Gasteiger partial charge is 0.389 e. The summed E-state index contributed by atoms with van der Waals surface area (Å²) >= 11 is 0. The highest BCUT2D eigenvalue weighted by Crippen LogP contribution is 2.11. The van der Waals surface area contributed by atoms with Gasteiger partial charge < -0.3 is 10.8 Å². The van der Waals surface area contributed by atoms with Gasteiger partial charge in [-0.3, -0.25) is 4.90 Å². The van der Waals surface area contributed by atoms with Crippen LogP contribution in [0.25, 0.3) is 0 Å². The van der Waals surface area contributed by atoms with Gasteiger partial charge in [0.15, 0.2) is 0 Å². The molecule has 1 aliphatic heterocycles. The van der Waals surface area contributed by atoms with Crippen molar-refractivity contribution >= 4 is 0 Å². The van der Waals surface area contributed by atoms with E-state index in [4.69, 9.17) is 5.73 Å². The summed E-state index contributed by atoms with van der Waals surface area (Å²) in [6.45, 7) is 6.36. The second-order valence-electron chi connectivity index (χ2n) is 4.10. The Balaban J connectivity index is 2.29. The Bertz CT molecular complexity index is 131. The molecule has 0 saturated carbocycles. The topological polar surface area (TPSA) is 49.5 Å². The van der Waals surface area contributed by atoms with Crippen LogP contribution in [-0.4, -0.2) is 41.3 Å². The molecular weight excluding hydrogens is 140 g/mol. The van der Waals surface area contributed by atoms with Gasteiger partial charge >= 0.3 is 0 Å². The van der Waals surface area contributed by atoms with Crippen molar-refractivity contribution in [2.45, 2.75) is 31.9 Å². The summed E-state index contributed by atoms with van der Waals surface area (Å²) in [6, 6.07) is 0.317. The van der Waals surface area contributed by atoms with E-state index in [1.54, 1.807) is 0 Å². The van der Waals surface area contributed by atoms with Crippen LogP contribution >= 0.6 is 0 Å². The second-order valence-corrected chi connectivity index (χ2v) is 4.10. The Morgan fingerprint density at radius 2 is 2.27 bits per heavy atom. The van der Waals surface area contributed by atoms with E-state index in [-0.39, 0.29) is 0 Å². The van der Waals surface area contributed by atoms with Gasteiger partial charge in [0.25, 0.3) is 0 Å². The summed E-state index contributed by atoms with van der Waals surface area (Å²) in [6.07, 6.45) is 1.07. The Morgan fingerprint density at radius 1 is 1.64 bits per heavy atom. The quantitative estimate of drug-likeness (QED) is 0.584. The zero-order valence-corrected chi connectivity index (χ0v) is 7.38. The molecule has 3 nitrogen and oxygen atoms in total. The summed E-state index contributed by atoms with van der Waals surface area (Å²) < 4.78 is 0. The Kier molecular flexibility index (Phi) is 2.52. The first kappa shape index (κ1) is 8.97. The monoisotopic (exact) mass is 158 g/mol. The molecule has 0 bridgehead atoms. The van der Waals surface area contributed by atoms with Crippen molar-refractivity contribution in [3.63, 3.8) is 0 Å². The average Bonchev–Trinajstić information content (AvgIpc) is 2.10. The molecule has 1 heterocycles. The van der Waals surface area contributed by atoms with E-state index in [0.717, 1.165) is 26.1 Å². The maximum Gasteiger partial charge on any atom is 0.0718 e. The Morgan fingerprint density at radius 3 is 2.64 bits per heavy atom.